The van der Waals surface area contributed by atoms with E-state index in [-0.39, 0.29) is 5.56 Å². The van der Waals surface area contributed by atoms with Gasteiger partial charge in [-0.1, -0.05) is 19.3 Å². The van der Waals surface area contributed by atoms with Gasteiger partial charge in [-0.15, -0.1) is 0 Å². The summed E-state index contributed by atoms with van der Waals surface area (Å²) < 4.78 is 2.73. The van der Waals surface area contributed by atoms with Crippen molar-refractivity contribution in [1.29, 1.82) is 0 Å². The van der Waals surface area contributed by atoms with Crippen molar-refractivity contribution in [1.82, 2.24) is 9.55 Å². The molecule has 2 aromatic heterocycles. The zero-order valence-electron chi connectivity index (χ0n) is 10.1. The molecular formula is C14H15BrN2O. The summed E-state index contributed by atoms with van der Waals surface area (Å²) in [5, 5.41) is 0.891. The Kier molecular flexibility index (Phi) is 3.20. The first-order chi connectivity index (χ1) is 8.75. The fourth-order valence-electron chi connectivity index (χ4n) is 2.44. The topological polar surface area (TPSA) is 34.9 Å². The van der Waals surface area contributed by atoms with Crippen LogP contribution in [0.5, 0.6) is 0 Å². The average molecular weight is 307 g/mol. The van der Waals surface area contributed by atoms with E-state index in [1.807, 2.05) is 18.3 Å². The molecule has 3 rings (SSSR count). The van der Waals surface area contributed by atoms with Gasteiger partial charge in [-0.2, -0.15) is 0 Å². The molecule has 4 heteroatoms. The van der Waals surface area contributed by atoms with Crippen LogP contribution in [0.2, 0.25) is 0 Å². The molecule has 0 bridgehead atoms. The van der Waals surface area contributed by atoms with E-state index in [0.29, 0.717) is 5.52 Å². The molecule has 0 saturated heterocycles. The fourth-order valence-corrected chi connectivity index (χ4v) is 3.01. The molecule has 1 fully saturated rings. The van der Waals surface area contributed by atoms with Crippen LogP contribution in [0.15, 0.2) is 33.8 Å². The Morgan fingerprint density at radius 3 is 3.00 bits per heavy atom. The second kappa shape index (κ2) is 4.84. The lowest BCUT2D eigenvalue weighted by atomic mass is 9.83. The minimum Gasteiger partial charge on any atom is -0.313 e. The zero-order chi connectivity index (χ0) is 12.5. The fraction of sp³-hybridized carbons (Fsp3) is 0.429. The van der Waals surface area contributed by atoms with Gasteiger partial charge in [-0.05, 0) is 40.4 Å². The summed E-state index contributed by atoms with van der Waals surface area (Å²) >= 11 is 3.52. The van der Waals surface area contributed by atoms with E-state index in [2.05, 4.69) is 20.9 Å². The summed E-state index contributed by atoms with van der Waals surface area (Å²) in [7, 11) is 0. The van der Waals surface area contributed by atoms with Crippen molar-refractivity contribution >= 4 is 26.8 Å². The van der Waals surface area contributed by atoms with Gasteiger partial charge < -0.3 is 4.57 Å². The van der Waals surface area contributed by atoms with Gasteiger partial charge in [0.15, 0.2) is 0 Å². The molecule has 0 aliphatic heterocycles. The molecule has 1 aliphatic carbocycles. The Morgan fingerprint density at radius 1 is 1.44 bits per heavy atom. The monoisotopic (exact) mass is 306 g/mol. The van der Waals surface area contributed by atoms with E-state index in [0.717, 1.165) is 28.7 Å². The molecule has 0 N–H and O–H groups in total. The highest BCUT2D eigenvalue weighted by Crippen LogP contribution is 2.29. The quantitative estimate of drug-likeness (QED) is 0.871. The molecule has 1 saturated carbocycles. The smallest absolute Gasteiger partial charge is 0.277 e. The van der Waals surface area contributed by atoms with Crippen LogP contribution in [0.3, 0.4) is 0 Å². The number of nitrogens with zero attached hydrogens (tertiary/aromatic N) is 2. The third-order valence-electron chi connectivity index (χ3n) is 3.80. The summed E-state index contributed by atoms with van der Waals surface area (Å²) in [6.45, 7) is 0.800. The second-order valence-electron chi connectivity index (χ2n) is 4.96. The summed E-state index contributed by atoms with van der Waals surface area (Å²) in [5.41, 5.74) is 0.577. The molecule has 0 spiro atoms. The van der Waals surface area contributed by atoms with Crippen LogP contribution in [-0.4, -0.2) is 9.55 Å². The predicted octanol–water partition coefficient (Wildman–Crippen LogP) is 3.35. The summed E-state index contributed by atoms with van der Waals surface area (Å²) in [6, 6.07) is 3.77. The lowest BCUT2D eigenvalue weighted by molar-refractivity contribution is 0.281. The van der Waals surface area contributed by atoms with Crippen LogP contribution >= 0.6 is 15.9 Å². The molecule has 2 aromatic rings. The van der Waals surface area contributed by atoms with E-state index >= 15 is 0 Å². The summed E-state index contributed by atoms with van der Waals surface area (Å²) in [6.07, 6.45) is 8.66. The number of aryl methyl sites for hydroxylation is 1. The standard InChI is InChI=1S/C14H15BrN2O/c15-12-9-17(8-6-10-3-1-4-10)14(18)13-11(12)5-2-7-16-13/h2,5,7,9-10H,1,3-4,6,8H2. The van der Waals surface area contributed by atoms with Crippen molar-refractivity contribution in [2.75, 3.05) is 0 Å². The lowest BCUT2D eigenvalue weighted by Gasteiger charge is -2.25. The molecule has 94 valence electrons. The average Bonchev–Trinajstić information content (AvgIpc) is 2.33. The number of fused-ring (bicyclic) bond motifs is 1. The van der Waals surface area contributed by atoms with Gasteiger partial charge in [-0.3, -0.25) is 9.78 Å². The Hall–Kier alpha value is -1.16. The van der Waals surface area contributed by atoms with Crippen LogP contribution in [0, 0.1) is 5.92 Å². The molecular weight excluding hydrogens is 292 g/mol. The molecule has 3 nitrogen and oxygen atoms in total. The van der Waals surface area contributed by atoms with Crippen molar-refractivity contribution in [3.05, 3.63) is 39.4 Å². The van der Waals surface area contributed by atoms with Gasteiger partial charge in [0.2, 0.25) is 0 Å². The van der Waals surface area contributed by atoms with Gasteiger partial charge in [0.05, 0.1) is 0 Å². The first kappa shape index (κ1) is 11.9. The zero-order valence-corrected chi connectivity index (χ0v) is 11.7. The normalized spacial score (nSPS) is 15.8. The predicted molar refractivity (Wildman–Crippen MR) is 75.7 cm³/mol. The largest absolute Gasteiger partial charge is 0.313 e. The third-order valence-corrected chi connectivity index (χ3v) is 4.43. The SMILES string of the molecule is O=c1c2ncccc2c(Br)cn1CCC1CCC1. The molecule has 0 unspecified atom stereocenters. The van der Waals surface area contributed by atoms with E-state index < -0.39 is 0 Å². The van der Waals surface area contributed by atoms with E-state index in [9.17, 15) is 4.79 Å². The molecule has 18 heavy (non-hydrogen) atoms. The Balaban J connectivity index is 1.96. The van der Waals surface area contributed by atoms with Crippen molar-refractivity contribution < 1.29 is 0 Å². The number of aromatic nitrogens is 2. The Morgan fingerprint density at radius 2 is 2.28 bits per heavy atom. The maximum Gasteiger partial charge on any atom is 0.277 e. The van der Waals surface area contributed by atoms with Crippen molar-refractivity contribution in [2.24, 2.45) is 5.92 Å². The summed E-state index contributed by atoms with van der Waals surface area (Å²) in [4.78, 5) is 16.5. The second-order valence-corrected chi connectivity index (χ2v) is 5.82. The maximum absolute atomic E-state index is 12.3. The highest BCUT2D eigenvalue weighted by molar-refractivity contribution is 9.10. The Bertz CT molecular complexity index is 631. The van der Waals surface area contributed by atoms with Crippen LogP contribution in [0.4, 0.5) is 0 Å². The van der Waals surface area contributed by atoms with Crippen LogP contribution < -0.4 is 5.56 Å². The van der Waals surface area contributed by atoms with Crippen LogP contribution in [-0.2, 0) is 6.54 Å². The molecule has 0 aromatic carbocycles. The highest BCUT2D eigenvalue weighted by atomic mass is 79.9. The molecule has 0 radical (unpaired) electrons. The number of hydrogen-bond donors (Lipinski definition) is 0. The molecule has 1 aliphatic rings. The molecule has 2 heterocycles. The van der Waals surface area contributed by atoms with E-state index in [1.165, 1.54) is 19.3 Å². The molecule has 0 amide bonds. The van der Waals surface area contributed by atoms with E-state index in [4.69, 9.17) is 0 Å². The Labute approximate surface area is 114 Å². The van der Waals surface area contributed by atoms with Gasteiger partial charge in [0.25, 0.3) is 5.56 Å². The number of pyridine rings is 2. The number of rotatable bonds is 3. The van der Waals surface area contributed by atoms with Crippen molar-refractivity contribution in [2.45, 2.75) is 32.2 Å². The minimum absolute atomic E-state index is 0.0214. The minimum atomic E-state index is 0.0214. The lowest BCUT2D eigenvalue weighted by Crippen LogP contribution is -2.23. The number of halogens is 1. The van der Waals surface area contributed by atoms with Crippen molar-refractivity contribution in [3.8, 4) is 0 Å². The van der Waals surface area contributed by atoms with Crippen LogP contribution in [0.25, 0.3) is 10.9 Å². The van der Waals surface area contributed by atoms with Gasteiger partial charge >= 0.3 is 0 Å². The first-order valence-electron chi connectivity index (χ1n) is 6.39. The van der Waals surface area contributed by atoms with Crippen molar-refractivity contribution in [3.63, 3.8) is 0 Å². The van der Waals surface area contributed by atoms with E-state index in [1.54, 1.807) is 10.8 Å². The van der Waals surface area contributed by atoms with Gasteiger partial charge in [-0.25, -0.2) is 0 Å². The van der Waals surface area contributed by atoms with Gasteiger partial charge in [0, 0.05) is 28.8 Å². The highest BCUT2D eigenvalue weighted by Gasteiger charge is 2.17. The summed E-state index contributed by atoms with van der Waals surface area (Å²) in [5.74, 6) is 0.815. The maximum atomic E-state index is 12.3. The van der Waals surface area contributed by atoms with Gasteiger partial charge in [0.1, 0.15) is 5.52 Å². The molecule has 0 atom stereocenters. The third kappa shape index (κ3) is 2.09. The van der Waals surface area contributed by atoms with Crippen LogP contribution in [0.1, 0.15) is 25.7 Å². The first-order valence-corrected chi connectivity index (χ1v) is 7.18. The number of hydrogen-bond acceptors (Lipinski definition) is 2.